The van der Waals surface area contributed by atoms with E-state index in [0.717, 1.165) is 25.7 Å². The van der Waals surface area contributed by atoms with Gasteiger partial charge in [-0.3, -0.25) is 4.79 Å². The molecule has 0 saturated heterocycles. The van der Waals surface area contributed by atoms with Crippen molar-refractivity contribution in [3.8, 4) is 0 Å². The smallest absolute Gasteiger partial charge is 0.357 e. The van der Waals surface area contributed by atoms with Crippen LogP contribution in [0.2, 0.25) is 0 Å². The van der Waals surface area contributed by atoms with Gasteiger partial charge in [-0.15, -0.1) is 0 Å². The largest absolute Gasteiger partial charge is 0.469 e. The molecule has 2 heterocycles. The lowest BCUT2D eigenvalue weighted by molar-refractivity contribution is -0.149. The van der Waals surface area contributed by atoms with Gasteiger partial charge in [0.1, 0.15) is 12.0 Å². The average molecular weight is 317 g/mol. The number of fused-ring (bicyclic) bond motifs is 1. The summed E-state index contributed by atoms with van der Waals surface area (Å²) in [5, 5.41) is 0.630. The molecule has 2 aromatic heterocycles. The van der Waals surface area contributed by atoms with Crippen LogP contribution in [0.4, 0.5) is 0 Å². The van der Waals surface area contributed by atoms with E-state index in [0.29, 0.717) is 11.0 Å². The van der Waals surface area contributed by atoms with Crippen LogP contribution in [0.25, 0.3) is 11.0 Å². The Morgan fingerprint density at radius 3 is 2.96 bits per heavy atom. The van der Waals surface area contributed by atoms with Crippen LogP contribution in [0.3, 0.4) is 0 Å². The highest BCUT2D eigenvalue weighted by molar-refractivity contribution is 6.00. The fraction of sp³-hybridized carbons (Fsp3) is 0.500. The number of carbonyl (C=O) groups is 2. The summed E-state index contributed by atoms with van der Waals surface area (Å²) < 4.78 is 10.3. The van der Waals surface area contributed by atoms with E-state index in [1.165, 1.54) is 13.4 Å². The summed E-state index contributed by atoms with van der Waals surface area (Å²) in [6, 6.07) is 1.74. The van der Waals surface area contributed by atoms with Crippen LogP contribution in [-0.4, -0.2) is 40.6 Å². The number of aromatic nitrogens is 3. The maximum atomic E-state index is 12.3. The summed E-state index contributed by atoms with van der Waals surface area (Å²) in [4.78, 5) is 35.1. The van der Waals surface area contributed by atoms with Gasteiger partial charge in [-0.05, 0) is 18.9 Å². The highest BCUT2D eigenvalue weighted by Gasteiger charge is 2.32. The highest BCUT2D eigenvalue weighted by atomic mass is 16.5. The van der Waals surface area contributed by atoms with Gasteiger partial charge < -0.3 is 14.5 Å². The zero-order valence-corrected chi connectivity index (χ0v) is 12.9. The summed E-state index contributed by atoms with van der Waals surface area (Å²) in [6.45, 7) is 0.203. The zero-order chi connectivity index (χ0) is 16.2. The Morgan fingerprint density at radius 1 is 1.30 bits per heavy atom. The van der Waals surface area contributed by atoms with Gasteiger partial charge in [0.05, 0.1) is 25.0 Å². The number of methoxy groups -OCH3 is 1. The normalized spacial score (nSPS) is 21.1. The molecular formula is C16H19N3O4. The van der Waals surface area contributed by atoms with Crippen molar-refractivity contribution in [3.63, 3.8) is 0 Å². The molecule has 0 radical (unpaired) electrons. The molecule has 0 amide bonds. The molecule has 122 valence electrons. The Hall–Kier alpha value is -2.44. The fourth-order valence-corrected chi connectivity index (χ4v) is 3.15. The second-order valence-electron chi connectivity index (χ2n) is 5.73. The minimum absolute atomic E-state index is 0.00343. The number of H-pyrrole nitrogens is 1. The van der Waals surface area contributed by atoms with E-state index in [1.807, 2.05) is 0 Å². The second kappa shape index (κ2) is 6.76. The number of rotatable bonds is 4. The van der Waals surface area contributed by atoms with Crippen molar-refractivity contribution in [1.82, 2.24) is 15.0 Å². The molecule has 1 fully saturated rings. The molecule has 3 rings (SSSR count). The van der Waals surface area contributed by atoms with Gasteiger partial charge in [0.15, 0.2) is 5.69 Å². The van der Waals surface area contributed by atoms with Crippen molar-refractivity contribution < 1.29 is 19.1 Å². The molecule has 1 saturated carbocycles. The molecule has 1 aliphatic carbocycles. The zero-order valence-electron chi connectivity index (χ0n) is 12.9. The predicted molar refractivity (Wildman–Crippen MR) is 81.6 cm³/mol. The third-order valence-electron chi connectivity index (χ3n) is 4.39. The van der Waals surface area contributed by atoms with Crippen LogP contribution < -0.4 is 0 Å². The predicted octanol–water partition coefficient (Wildman–Crippen LogP) is 2.09. The van der Waals surface area contributed by atoms with Crippen LogP contribution in [0, 0.1) is 11.8 Å². The molecular weight excluding hydrogens is 298 g/mol. The van der Waals surface area contributed by atoms with E-state index in [4.69, 9.17) is 9.47 Å². The maximum absolute atomic E-state index is 12.3. The Morgan fingerprint density at radius 2 is 2.13 bits per heavy atom. The number of aromatic amines is 1. The van der Waals surface area contributed by atoms with Crippen LogP contribution in [0.5, 0.6) is 0 Å². The lowest BCUT2D eigenvalue weighted by Gasteiger charge is -2.28. The summed E-state index contributed by atoms with van der Waals surface area (Å²) in [7, 11) is 1.39. The topological polar surface area (TPSA) is 94.2 Å². The molecule has 0 aliphatic heterocycles. The van der Waals surface area contributed by atoms with Gasteiger partial charge in [0.2, 0.25) is 0 Å². The van der Waals surface area contributed by atoms with Crippen molar-refractivity contribution in [2.45, 2.75) is 25.7 Å². The number of esters is 2. The van der Waals surface area contributed by atoms with E-state index in [1.54, 1.807) is 12.3 Å². The highest BCUT2D eigenvalue weighted by Crippen LogP contribution is 2.31. The number of hydrogen-bond acceptors (Lipinski definition) is 6. The summed E-state index contributed by atoms with van der Waals surface area (Å²) in [6.07, 6.45) is 6.70. The van der Waals surface area contributed by atoms with Gasteiger partial charge in [0.25, 0.3) is 0 Å². The standard InChI is InChI=1S/C16H19N3O4/c1-22-15(20)11-5-3-2-4-10(11)8-23-16(21)13-12-6-7-17-14(12)19-9-18-13/h6-7,9-11H,2-5,8H2,1H3,(H,17,18,19). The van der Waals surface area contributed by atoms with Gasteiger partial charge in [0, 0.05) is 12.1 Å². The van der Waals surface area contributed by atoms with Gasteiger partial charge in [-0.25, -0.2) is 14.8 Å². The summed E-state index contributed by atoms with van der Waals surface area (Å²) in [5.41, 5.74) is 0.832. The minimum Gasteiger partial charge on any atom is -0.469 e. The van der Waals surface area contributed by atoms with Gasteiger partial charge >= 0.3 is 11.9 Å². The lowest BCUT2D eigenvalue weighted by atomic mass is 9.80. The number of hydrogen-bond donors (Lipinski definition) is 1. The fourth-order valence-electron chi connectivity index (χ4n) is 3.15. The first kappa shape index (κ1) is 15.5. The third-order valence-corrected chi connectivity index (χ3v) is 4.39. The first-order chi connectivity index (χ1) is 11.2. The molecule has 2 aromatic rings. The molecule has 1 aliphatic rings. The van der Waals surface area contributed by atoms with Crippen molar-refractivity contribution in [2.75, 3.05) is 13.7 Å². The Bertz CT molecular complexity index is 712. The van der Waals surface area contributed by atoms with Crippen molar-refractivity contribution in [2.24, 2.45) is 11.8 Å². The molecule has 2 unspecified atom stereocenters. The van der Waals surface area contributed by atoms with Gasteiger partial charge in [-0.1, -0.05) is 12.8 Å². The molecule has 2 atom stereocenters. The van der Waals surface area contributed by atoms with Crippen molar-refractivity contribution >= 4 is 23.0 Å². The van der Waals surface area contributed by atoms with Crippen molar-refractivity contribution in [1.29, 1.82) is 0 Å². The van der Waals surface area contributed by atoms with E-state index in [-0.39, 0.29) is 30.1 Å². The molecule has 0 spiro atoms. The second-order valence-corrected chi connectivity index (χ2v) is 5.73. The van der Waals surface area contributed by atoms with E-state index < -0.39 is 5.97 Å². The number of carbonyl (C=O) groups excluding carboxylic acids is 2. The van der Waals surface area contributed by atoms with E-state index in [9.17, 15) is 9.59 Å². The lowest BCUT2D eigenvalue weighted by Crippen LogP contribution is -2.32. The quantitative estimate of drug-likeness (QED) is 0.868. The van der Waals surface area contributed by atoms with E-state index in [2.05, 4.69) is 15.0 Å². The van der Waals surface area contributed by atoms with Crippen LogP contribution in [0.1, 0.15) is 36.2 Å². The molecule has 23 heavy (non-hydrogen) atoms. The molecule has 0 aromatic carbocycles. The van der Waals surface area contributed by atoms with Crippen LogP contribution in [-0.2, 0) is 14.3 Å². The summed E-state index contributed by atoms with van der Waals surface area (Å²) >= 11 is 0. The Labute approximate surface area is 133 Å². The number of nitrogens with zero attached hydrogens (tertiary/aromatic N) is 2. The Kier molecular flexibility index (Phi) is 4.55. The molecule has 0 bridgehead atoms. The third kappa shape index (κ3) is 3.18. The monoisotopic (exact) mass is 317 g/mol. The molecule has 1 N–H and O–H groups in total. The minimum atomic E-state index is -0.494. The number of nitrogens with one attached hydrogen (secondary N) is 1. The molecule has 7 heteroatoms. The van der Waals surface area contributed by atoms with E-state index >= 15 is 0 Å². The van der Waals surface area contributed by atoms with Crippen molar-refractivity contribution in [3.05, 3.63) is 24.3 Å². The van der Waals surface area contributed by atoms with Crippen LogP contribution in [0.15, 0.2) is 18.6 Å². The Balaban J connectivity index is 1.68. The maximum Gasteiger partial charge on any atom is 0.357 e. The van der Waals surface area contributed by atoms with Gasteiger partial charge in [-0.2, -0.15) is 0 Å². The first-order valence-electron chi connectivity index (χ1n) is 7.73. The number of ether oxygens (including phenoxy) is 2. The van der Waals surface area contributed by atoms with Crippen LogP contribution >= 0.6 is 0 Å². The SMILES string of the molecule is COC(=O)C1CCCCC1COC(=O)c1ncnc2[nH]ccc12. The molecule has 7 nitrogen and oxygen atoms in total. The summed E-state index contributed by atoms with van der Waals surface area (Å²) in [5.74, 6) is -0.907. The first-order valence-corrected chi connectivity index (χ1v) is 7.73. The average Bonchev–Trinajstić information content (AvgIpc) is 3.07.